The Bertz CT molecular complexity index is 479. The molecule has 1 aromatic heterocycles. The fourth-order valence-corrected chi connectivity index (χ4v) is 1.25. The molecule has 92 valence electrons. The summed E-state index contributed by atoms with van der Waals surface area (Å²) < 4.78 is 1.16. The summed E-state index contributed by atoms with van der Waals surface area (Å²) in [5, 5.41) is 11.3. The van der Waals surface area contributed by atoms with Gasteiger partial charge in [-0.25, -0.2) is 4.79 Å². The topological polar surface area (TPSA) is 88.4 Å². The van der Waals surface area contributed by atoms with Crippen LogP contribution in [0.2, 0.25) is 0 Å². The lowest BCUT2D eigenvalue weighted by molar-refractivity contribution is -0.121. The van der Waals surface area contributed by atoms with Crippen molar-refractivity contribution in [2.45, 2.75) is 19.9 Å². The zero-order valence-electron chi connectivity index (χ0n) is 9.47. The number of rotatable bonds is 5. The molecule has 0 radical (unpaired) electrons. The van der Waals surface area contributed by atoms with E-state index < -0.39 is 11.5 Å². The van der Waals surface area contributed by atoms with E-state index in [4.69, 9.17) is 5.11 Å². The largest absolute Gasteiger partial charge is 0.478 e. The number of hydrogen-bond acceptors (Lipinski definition) is 3. The van der Waals surface area contributed by atoms with Crippen LogP contribution in [0.1, 0.15) is 23.7 Å². The first-order chi connectivity index (χ1) is 8.04. The van der Waals surface area contributed by atoms with Crippen LogP contribution in [0.25, 0.3) is 0 Å². The van der Waals surface area contributed by atoms with E-state index in [-0.39, 0.29) is 18.0 Å². The van der Waals surface area contributed by atoms with E-state index in [0.29, 0.717) is 6.54 Å². The lowest BCUT2D eigenvalue weighted by Gasteiger charge is -2.06. The number of pyridine rings is 1. The minimum absolute atomic E-state index is 0.0831. The number of carbonyl (C=O) groups is 2. The van der Waals surface area contributed by atoms with Gasteiger partial charge in [-0.1, -0.05) is 6.92 Å². The van der Waals surface area contributed by atoms with Crippen molar-refractivity contribution in [3.8, 4) is 0 Å². The van der Waals surface area contributed by atoms with Crippen molar-refractivity contribution in [3.05, 3.63) is 34.2 Å². The highest BCUT2D eigenvalue weighted by molar-refractivity contribution is 5.87. The fraction of sp³-hybridized carbons (Fsp3) is 0.364. The highest BCUT2D eigenvalue weighted by Gasteiger charge is 2.07. The van der Waals surface area contributed by atoms with Gasteiger partial charge in [0.15, 0.2) is 0 Å². The Morgan fingerprint density at radius 2 is 2.18 bits per heavy atom. The molecule has 1 amide bonds. The van der Waals surface area contributed by atoms with Crippen LogP contribution in [0.4, 0.5) is 0 Å². The zero-order valence-corrected chi connectivity index (χ0v) is 9.47. The van der Waals surface area contributed by atoms with Crippen molar-refractivity contribution in [2.24, 2.45) is 0 Å². The van der Waals surface area contributed by atoms with Crippen LogP contribution in [-0.2, 0) is 11.3 Å². The maximum absolute atomic E-state index is 11.5. The van der Waals surface area contributed by atoms with Crippen LogP contribution in [0.15, 0.2) is 23.1 Å². The number of nitrogens with one attached hydrogen (secondary N) is 1. The second kappa shape index (κ2) is 5.83. The van der Waals surface area contributed by atoms with E-state index in [9.17, 15) is 14.4 Å². The van der Waals surface area contributed by atoms with Crippen molar-refractivity contribution in [3.63, 3.8) is 0 Å². The van der Waals surface area contributed by atoms with Gasteiger partial charge in [-0.05, 0) is 12.5 Å². The second-order valence-electron chi connectivity index (χ2n) is 3.54. The summed E-state index contributed by atoms with van der Waals surface area (Å²) in [7, 11) is 0. The number of carboxylic acids is 1. The minimum Gasteiger partial charge on any atom is -0.478 e. The summed E-state index contributed by atoms with van der Waals surface area (Å²) >= 11 is 0. The van der Waals surface area contributed by atoms with Crippen LogP contribution < -0.4 is 10.9 Å². The van der Waals surface area contributed by atoms with Gasteiger partial charge in [0.1, 0.15) is 6.54 Å². The standard InChI is InChI=1S/C11H14N2O4/c1-2-4-12-9(14)7-13-5-3-8(11(16)17)6-10(13)15/h3,5-6H,2,4,7H2,1H3,(H,12,14)(H,16,17). The Morgan fingerprint density at radius 3 is 2.71 bits per heavy atom. The highest BCUT2D eigenvalue weighted by Crippen LogP contribution is 1.94. The third kappa shape index (κ3) is 3.75. The normalized spacial score (nSPS) is 9.94. The molecule has 1 heterocycles. The molecule has 6 heteroatoms. The molecule has 0 spiro atoms. The Hall–Kier alpha value is -2.11. The quantitative estimate of drug-likeness (QED) is 0.760. The summed E-state index contributed by atoms with van der Waals surface area (Å²) in [6.45, 7) is 2.38. The van der Waals surface area contributed by atoms with Crippen molar-refractivity contribution in [1.82, 2.24) is 9.88 Å². The number of carboxylic acid groups (broad SMARTS) is 1. The molecule has 0 fully saturated rings. The molecule has 0 aliphatic carbocycles. The molecule has 0 bridgehead atoms. The lowest BCUT2D eigenvalue weighted by Crippen LogP contribution is -2.32. The number of aromatic nitrogens is 1. The average molecular weight is 238 g/mol. The van der Waals surface area contributed by atoms with Crippen molar-refractivity contribution in [2.75, 3.05) is 6.54 Å². The van der Waals surface area contributed by atoms with Crippen molar-refractivity contribution < 1.29 is 14.7 Å². The molecule has 0 unspecified atom stereocenters. The smallest absolute Gasteiger partial charge is 0.335 e. The predicted molar refractivity (Wildman–Crippen MR) is 61.0 cm³/mol. The summed E-state index contributed by atoms with van der Waals surface area (Å²) in [4.78, 5) is 33.4. The molecular formula is C11H14N2O4. The Balaban J connectivity index is 2.76. The number of nitrogens with zero attached hydrogens (tertiary/aromatic N) is 1. The van der Waals surface area contributed by atoms with Crippen LogP contribution in [0, 0.1) is 0 Å². The van der Waals surface area contributed by atoms with Crippen LogP contribution >= 0.6 is 0 Å². The number of hydrogen-bond donors (Lipinski definition) is 2. The Kier molecular flexibility index (Phi) is 4.45. The first-order valence-corrected chi connectivity index (χ1v) is 5.25. The molecule has 0 aromatic carbocycles. The van der Waals surface area contributed by atoms with Gasteiger partial charge in [-0.2, -0.15) is 0 Å². The van der Waals surface area contributed by atoms with E-state index in [1.807, 2.05) is 6.92 Å². The molecule has 17 heavy (non-hydrogen) atoms. The van der Waals surface area contributed by atoms with E-state index >= 15 is 0 Å². The lowest BCUT2D eigenvalue weighted by atomic mass is 10.3. The predicted octanol–water partition coefficient (Wildman–Crippen LogP) is 0.0727. The first-order valence-electron chi connectivity index (χ1n) is 5.25. The van der Waals surface area contributed by atoms with Crippen LogP contribution in [0.3, 0.4) is 0 Å². The summed E-state index contributed by atoms with van der Waals surface area (Å²) in [6, 6.07) is 2.28. The van der Waals surface area contributed by atoms with Gasteiger partial charge in [-0.15, -0.1) is 0 Å². The van der Waals surface area contributed by atoms with Gasteiger partial charge >= 0.3 is 5.97 Å². The third-order valence-electron chi connectivity index (χ3n) is 2.13. The van der Waals surface area contributed by atoms with E-state index in [2.05, 4.69) is 5.32 Å². The van der Waals surface area contributed by atoms with E-state index in [1.165, 1.54) is 12.3 Å². The van der Waals surface area contributed by atoms with Crippen molar-refractivity contribution in [1.29, 1.82) is 0 Å². The highest BCUT2D eigenvalue weighted by atomic mass is 16.4. The van der Waals surface area contributed by atoms with E-state index in [0.717, 1.165) is 17.1 Å². The summed E-state index contributed by atoms with van der Waals surface area (Å²) in [6.07, 6.45) is 2.12. The number of amides is 1. The molecule has 0 aliphatic heterocycles. The van der Waals surface area contributed by atoms with Crippen molar-refractivity contribution >= 4 is 11.9 Å². The molecule has 0 saturated heterocycles. The first kappa shape index (κ1) is 13.0. The molecular weight excluding hydrogens is 224 g/mol. The molecule has 0 aliphatic rings. The Morgan fingerprint density at radius 1 is 1.47 bits per heavy atom. The minimum atomic E-state index is -1.16. The molecule has 0 saturated carbocycles. The van der Waals surface area contributed by atoms with Gasteiger partial charge in [-0.3, -0.25) is 9.59 Å². The maximum atomic E-state index is 11.5. The molecule has 2 N–H and O–H groups in total. The molecule has 0 atom stereocenters. The van der Waals surface area contributed by atoms with Crippen LogP contribution in [-0.4, -0.2) is 28.1 Å². The monoisotopic (exact) mass is 238 g/mol. The Labute approximate surface area is 97.9 Å². The zero-order chi connectivity index (χ0) is 12.8. The average Bonchev–Trinajstić information content (AvgIpc) is 2.28. The van der Waals surface area contributed by atoms with Gasteiger partial charge in [0.25, 0.3) is 5.56 Å². The second-order valence-corrected chi connectivity index (χ2v) is 3.54. The van der Waals surface area contributed by atoms with E-state index in [1.54, 1.807) is 0 Å². The van der Waals surface area contributed by atoms with Gasteiger partial charge in [0.05, 0.1) is 5.56 Å². The maximum Gasteiger partial charge on any atom is 0.335 e. The third-order valence-corrected chi connectivity index (χ3v) is 2.13. The van der Waals surface area contributed by atoms with Gasteiger partial charge in [0, 0.05) is 18.8 Å². The SMILES string of the molecule is CCCNC(=O)Cn1ccc(C(=O)O)cc1=O. The molecule has 6 nitrogen and oxygen atoms in total. The number of carbonyl (C=O) groups excluding carboxylic acids is 1. The molecule has 1 aromatic rings. The van der Waals surface area contributed by atoms with Crippen LogP contribution in [0.5, 0.6) is 0 Å². The molecule has 1 rings (SSSR count). The fourth-order valence-electron chi connectivity index (χ4n) is 1.25. The number of aromatic carboxylic acids is 1. The van der Waals surface area contributed by atoms with Gasteiger partial charge < -0.3 is 15.0 Å². The van der Waals surface area contributed by atoms with Gasteiger partial charge in [0.2, 0.25) is 5.91 Å². The summed E-state index contributed by atoms with van der Waals surface area (Å²) in [5.41, 5.74) is -0.586. The summed E-state index contributed by atoms with van der Waals surface area (Å²) in [5.74, 6) is -1.43.